The summed E-state index contributed by atoms with van der Waals surface area (Å²) in [6.07, 6.45) is 2.81. The minimum Gasteiger partial charge on any atom is -0.457 e. The van der Waals surface area contributed by atoms with Gasteiger partial charge in [-0.05, 0) is 48.2 Å². The van der Waals surface area contributed by atoms with E-state index in [2.05, 4.69) is 37.4 Å². The van der Waals surface area contributed by atoms with Crippen LogP contribution in [-0.2, 0) is 35.6 Å². The van der Waals surface area contributed by atoms with E-state index in [0.29, 0.717) is 63.6 Å². The topological polar surface area (TPSA) is 93.0 Å². The van der Waals surface area contributed by atoms with Gasteiger partial charge in [0.05, 0.1) is 31.8 Å². The van der Waals surface area contributed by atoms with Gasteiger partial charge in [-0.1, -0.05) is 31.2 Å². The van der Waals surface area contributed by atoms with Gasteiger partial charge >= 0.3 is 0 Å². The van der Waals surface area contributed by atoms with Crippen LogP contribution < -0.4 is 10.1 Å². The Hall–Kier alpha value is -3.27. The number of ether oxygens (including phenoxy) is 2. The van der Waals surface area contributed by atoms with Crippen molar-refractivity contribution in [1.29, 1.82) is 0 Å². The highest BCUT2D eigenvalue weighted by atomic mass is 16.5. The number of hydrogen-bond acceptors (Lipinski definition) is 8. The van der Waals surface area contributed by atoms with Crippen molar-refractivity contribution in [3.05, 3.63) is 71.4 Å². The van der Waals surface area contributed by atoms with E-state index in [4.69, 9.17) is 13.9 Å². The Kier molecular flexibility index (Phi) is 6.91. The molecule has 2 fully saturated rings. The highest BCUT2D eigenvalue weighted by molar-refractivity contribution is 5.78. The number of amides is 1. The third-order valence-electron chi connectivity index (χ3n) is 7.15. The number of likely N-dealkylation sites (tertiary alicyclic amines) is 1. The SMILES string of the molecule is CCc1nnc(CN2C[C@@H]3NC(=O)CN(C4CC4)Cc4cccc(c4)Oc4cccc(c4)CO[C@H]3C2)o1. The van der Waals surface area contributed by atoms with Crippen LogP contribution in [0.5, 0.6) is 11.5 Å². The van der Waals surface area contributed by atoms with Crippen LogP contribution in [0.3, 0.4) is 0 Å². The van der Waals surface area contributed by atoms with E-state index in [9.17, 15) is 4.79 Å². The summed E-state index contributed by atoms with van der Waals surface area (Å²) in [4.78, 5) is 17.7. The Balaban J connectivity index is 1.23. The van der Waals surface area contributed by atoms with Crippen molar-refractivity contribution in [2.45, 2.75) is 64.1 Å². The van der Waals surface area contributed by atoms with Crippen LogP contribution >= 0.6 is 0 Å². The minimum atomic E-state index is -0.155. The van der Waals surface area contributed by atoms with E-state index < -0.39 is 0 Å². The minimum absolute atomic E-state index is 0.0277. The van der Waals surface area contributed by atoms with Gasteiger partial charge in [0.15, 0.2) is 0 Å². The first-order valence-electron chi connectivity index (χ1n) is 13.2. The Morgan fingerprint density at radius 3 is 2.49 bits per heavy atom. The first-order chi connectivity index (χ1) is 18.1. The molecule has 6 rings (SSSR count). The second-order valence-electron chi connectivity index (χ2n) is 10.2. The normalized spacial score (nSPS) is 23.3. The monoisotopic (exact) mass is 503 g/mol. The van der Waals surface area contributed by atoms with E-state index in [-0.39, 0.29) is 18.1 Å². The molecule has 194 valence electrons. The predicted octanol–water partition coefficient (Wildman–Crippen LogP) is 3.29. The highest BCUT2D eigenvalue weighted by Crippen LogP contribution is 2.30. The molecule has 9 nitrogen and oxygen atoms in total. The summed E-state index contributed by atoms with van der Waals surface area (Å²) in [6, 6.07) is 16.5. The number of carbonyl (C=O) groups excluding carboxylic acids is 1. The van der Waals surface area contributed by atoms with Gasteiger partial charge in [-0.2, -0.15) is 0 Å². The summed E-state index contributed by atoms with van der Waals surface area (Å²) in [7, 11) is 0. The van der Waals surface area contributed by atoms with Crippen molar-refractivity contribution < 1.29 is 18.7 Å². The van der Waals surface area contributed by atoms with E-state index in [0.717, 1.165) is 35.5 Å². The Morgan fingerprint density at radius 1 is 0.973 bits per heavy atom. The molecule has 4 bridgehead atoms. The molecule has 1 aromatic heterocycles. The number of nitrogens with one attached hydrogen (secondary N) is 1. The molecule has 0 spiro atoms. The van der Waals surface area contributed by atoms with Gasteiger partial charge in [0.1, 0.15) is 11.5 Å². The maximum atomic E-state index is 13.2. The van der Waals surface area contributed by atoms with E-state index in [1.807, 2.05) is 43.3 Å². The number of rotatable bonds is 4. The molecule has 3 aliphatic rings. The number of benzene rings is 2. The molecule has 0 radical (unpaired) electrons. The molecule has 37 heavy (non-hydrogen) atoms. The smallest absolute Gasteiger partial charge is 0.234 e. The molecule has 1 saturated heterocycles. The molecule has 1 aliphatic carbocycles. The van der Waals surface area contributed by atoms with E-state index in [1.165, 1.54) is 0 Å². The van der Waals surface area contributed by atoms with Crippen LogP contribution in [0.2, 0.25) is 0 Å². The number of hydrogen-bond donors (Lipinski definition) is 1. The Labute approximate surface area is 216 Å². The lowest BCUT2D eigenvalue weighted by molar-refractivity contribution is -0.124. The second kappa shape index (κ2) is 10.6. The predicted molar refractivity (Wildman–Crippen MR) is 136 cm³/mol. The van der Waals surface area contributed by atoms with Gasteiger partial charge in [0.25, 0.3) is 0 Å². The molecule has 2 aliphatic heterocycles. The zero-order chi connectivity index (χ0) is 25.2. The maximum Gasteiger partial charge on any atom is 0.234 e. The summed E-state index contributed by atoms with van der Waals surface area (Å²) in [5.74, 6) is 2.83. The summed E-state index contributed by atoms with van der Waals surface area (Å²) in [6.45, 7) is 5.36. The lowest BCUT2D eigenvalue weighted by Crippen LogP contribution is -2.48. The fraction of sp³-hybridized carbons (Fsp3) is 0.464. The molecule has 3 heterocycles. The van der Waals surface area contributed by atoms with Crippen LogP contribution in [0.15, 0.2) is 52.9 Å². The second-order valence-corrected chi connectivity index (χ2v) is 10.2. The van der Waals surface area contributed by atoms with Crippen molar-refractivity contribution in [3.8, 4) is 11.5 Å². The van der Waals surface area contributed by atoms with Crippen molar-refractivity contribution in [1.82, 2.24) is 25.3 Å². The zero-order valence-electron chi connectivity index (χ0n) is 21.1. The summed E-state index contributed by atoms with van der Waals surface area (Å²) in [5, 5.41) is 11.5. The fourth-order valence-electron chi connectivity index (χ4n) is 5.15. The van der Waals surface area contributed by atoms with Gasteiger partial charge in [-0.25, -0.2) is 0 Å². The molecule has 2 aromatic carbocycles. The molecule has 1 saturated carbocycles. The van der Waals surface area contributed by atoms with Crippen LogP contribution in [0.25, 0.3) is 0 Å². The average molecular weight is 504 g/mol. The van der Waals surface area contributed by atoms with Gasteiger partial charge in [0, 0.05) is 32.1 Å². The summed E-state index contributed by atoms with van der Waals surface area (Å²) < 4.78 is 18.3. The van der Waals surface area contributed by atoms with Crippen molar-refractivity contribution in [3.63, 3.8) is 0 Å². The summed E-state index contributed by atoms with van der Waals surface area (Å²) >= 11 is 0. The number of aryl methyl sites for hydroxylation is 1. The molecular weight excluding hydrogens is 470 g/mol. The molecule has 3 aromatic rings. The molecule has 2 atom stereocenters. The lowest BCUT2D eigenvalue weighted by atomic mass is 10.1. The Bertz CT molecular complexity index is 1240. The molecule has 0 unspecified atom stereocenters. The van der Waals surface area contributed by atoms with Crippen molar-refractivity contribution in [2.24, 2.45) is 0 Å². The maximum absolute atomic E-state index is 13.2. The first kappa shape index (κ1) is 24.1. The van der Waals surface area contributed by atoms with E-state index >= 15 is 0 Å². The van der Waals surface area contributed by atoms with Gasteiger partial charge in [0.2, 0.25) is 17.7 Å². The fourth-order valence-corrected chi connectivity index (χ4v) is 5.15. The number of aromatic nitrogens is 2. The van der Waals surface area contributed by atoms with Crippen molar-refractivity contribution >= 4 is 5.91 Å². The number of nitrogens with zero attached hydrogens (tertiary/aromatic N) is 4. The Morgan fingerprint density at radius 2 is 1.73 bits per heavy atom. The average Bonchev–Trinajstić information content (AvgIpc) is 3.53. The van der Waals surface area contributed by atoms with Gasteiger partial charge < -0.3 is 19.2 Å². The van der Waals surface area contributed by atoms with Crippen molar-refractivity contribution in [2.75, 3.05) is 19.6 Å². The van der Waals surface area contributed by atoms with Crippen LogP contribution in [0.1, 0.15) is 42.7 Å². The number of carbonyl (C=O) groups is 1. The van der Waals surface area contributed by atoms with Crippen LogP contribution in [0, 0.1) is 0 Å². The molecule has 1 N–H and O–H groups in total. The summed E-state index contributed by atoms with van der Waals surface area (Å²) in [5.41, 5.74) is 2.16. The van der Waals surface area contributed by atoms with Gasteiger partial charge in [-0.3, -0.25) is 14.6 Å². The standard InChI is InChI=1S/C28H33N5O4/c1-2-27-30-31-28(37-27)17-32-14-24-25(15-32)35-18-20-6-4-8-23(12-20)36-22-7-3-5-19(11-22)13-33(21-9-10-21)16-26(34)29-24/h3-8,11-12,21,24-25H,2,9-10,13-18H2,1H3,(H,29,34)/t24-,25-/m0/s1. The first-order valence-corrected chi connectivity index (χ1v) is 13.2. The third kappa shape index (κ3) is 6.01. The molecule has 9 heteroatoms. The van der Waals surface area contributed by atoms with Crippen LogP contribution in [0.4, 0.5) is 0 Å². The number of fused-ring (bicyclic) bond motifs is 5. The quantitative estimate of drug-likeness (QED) is 0.580. The zero-order valence-corrected chi connectivity index (χ0v) is 21.1. The lowest BCUT2D eigenvalue weighted by Gasteiger charge is -2.25. The van der Waals surface area contributed by atoms with Crippen LogP contribution in [-0.4, -0.2) is 63.7 Å². The van der Waals surface area contributed by atoms with E-state index in [1.54, 1.807) is 0 Å². The highest BCUT2D eigenvalue weighted by Gasteiger charge is 2.37. The van der Waals surface area contributed by atoms with Gasteiger partial charge in [-0.15, -0.1) is 10.2 Å². The molecular formula is C28H33N5O4. The third-order valence-corrected chi connectivity index (χ3v) is 7.15. The molecule has 1 amide bonds. The largest absolute Gasteiger partial charge is 0.457 e.